The Labute approximate surface area is 184 Å². The number of nitrogens with one attached hydrogen (secondary N) is 1. The first-order valence-electron chi connectivity index (χ1n) is 11.3. The van der Waals surface area contributed by atoms with Gasteiger partial charge in [0, 0.05) is 11.3 Å². The summed E-state index contributed by atoms with van der Waals surface area (Å²) >= 11 is 0. The third-order valence-electron chi connectivity index (χ3n) is 6.56. The van der Waals surface area contributed by atoms with Crippen LogP contribution in [-0.4, -0.2) is 34.6 Å². The van der Waals surface area contributed by atoms with Crippen molar-refractivity contribution in [1.29, 1.82) is 0 Å². The molecule has 2 amide bonds. The normalized spacial score (nSPS) is 17.7. The Kier molecular flexibility index (Phi) is 5.94. The zero-order chi connectivity index (χ0) is 22.0. The number of carbonyl (C=O) groups excluding carboxylic acids is 2. The summed E-state index contributed by atoms with van der Waals surface area (Å²) in [6, 6.07) is 13.9. The fraction of sp³-hybridized carbons (Fsp3) is 0.423. The number of aryl methyl sites for hydroxylation is 3. The molecule has 31 heavy (non-hydrogen) atoms. The summed E-state index contributed by atoms with van der Waals surface area (Å²) < 4.78 is 0. The summed E-state index contributed by atoms with van der Waals surface area (Å²) in [7, 11) is 0. The van der Waals surface area contributed by atoms with Gasteiger partial charge in [0.2, 0.25) is 5.91 Å². The Balaban J connectivity index is 1.60. The highest BCUT2D eigenvalue weighted by molar-refractivity contribution is 6.47. The number of rotatable bonds is 5. The Morgan fingerprint density at radius 2 is 1.77 bits per heavy atom. The van der Waals surface area contributed by atoms with Gasteiger partial charge in [-0.3, -0.25) is 14.6 Å². The molecule has 162 valence electrons. The van der Waals surface area contributed by atoms with Gasteiger partial charge < -0.3 is 10.2 Å². The Hall–Kier alpha value is -2.95. The molecule has 1 aliphatic heterocycles. The third kappa shape index (κ3) is 4.14. The molecular formula is C26H31N3O2. The molecule has 0 saturated heterocycles. The van der Waals surface area contributed by atoms with Gasteiger partial charge in [-0.25, -0.2) is 0 Å². The fourth-order valence-corrected chi connectivity index (χ4v) is 4.78. The minimum absolute atomic E-state index is 0.0230. The van der Waals surface area contributed by atoms with Crippen LogP contribution in [0.15, 0.2) is 47.5 Å². The van der Waals surface area contributed by atoms with Gasteiger partial charge >= 0.3 is 0 Å². The Morgan fingerprint density at radius 3 is 2.45 bits per heavy atom. The number of hydrogen-bond donors (Lipinski definition) is 1. The number of hydrogen-bond acceptors (Lipinski definition) is 3. The standard InChI is InChI=1S/C26H31N3O2/c1-4-20-10-8-9-19(3)23(20)27-22(30)17-29-25(31)24(21-13-11-18(2)12-14-21)28-26(29)15-6-5-7-16-26/h8-14H,4-7,15-17H2,1-3H3,(H,27,30). The van der Waals surface area contributed by atoms with E-state index < -0.39 is 5.66 Å². The zero-order valence-corrected chi connectivity index (χ0v) is 18.7. The highest BCUT2D eigenvalue weighted by Crippen LogP contribution is 2.39. The van der Waals surface area contributed by atoms with Gasteiger partial charge in [-0.15, -0.1) is 0 Å². The second kappa shape index (κ2) is 8.66. The summed E-state index contributed by atoms with van der Waals surface area (Å²) in [4.78, 5) is 33.2. The van der Waals surface area contributed by atoms with Crippen molar-refractivity contribution in [1.82, 2.24) is 4.90 Å². The molecular weight excluding hydrogens is 386 g/mol. The van der Waals surface area contributed by atoms with Crippen LogP contribution in [0.4, 0.5) is 5.69 Å². The topological polar surface area (TPSA) is 61.8 Å². The number of amides is 2. The maximum Gasteiger partial charge on any atom is 0.275 e. The smallest absolute Gasteiger partial charge is 0.275 e. The minimum Gasteiger partial charge on any atom is -0.324 e. The largest absolute Gasteiger partial charge is 0.324 e. The third-order valence-corrected chi connectivity index (χ3v) is 6.56. The van der Waals surface area contributed by atoms with Gasteiger partial charge in [-0.2, -0.15) is 0 Å². The van der Waals surface area contributed by atoms with Crippen molar-refractivity contribution in [3.63, 3.8) is 0 Å². The molecule has 1 heterocycles. The molecule has 1 spiro atoms. The quantitative estimate of drug-likeness (QED) is 0.760. The first-order valence-corrected chi connectivity index (χ1v) is 11.3. The summed E-state index contributed by atoms with van der Waals surface area (Å²) in [5.74, 6) is -0.302. The van der Waals surface area contributed by atoms with E-state index in [9.17, 15) is 9.59 Å². The van der Waals surface area contributed by atoms with Crippen LogP contribution in [0.5, 0.6) is 0 Å². The van der Waals surface area contributed by atoms with Crippen LogP contribution in [0, 0.1) is 13.8 Å². The van der Waals surface area contributed by atoms with E-state index in [4.69, 9.17) is 4.99 Å². The monoisotopic (exact) mass is 417 g/mol. The zero-order valence-electron chi connectivity index (χ0n) is 18.7. The van der Waals surface area contributed by atoms with Crippen molar-refractivity contribution < 1.29 is 9.59 Å². The molecule has 1 fully saturated rings. The van der Waals surface area contributed by atoms with Crippen molar-refractivity contribution in [2.24, 2.45) is 4.99 Å². The average Bonchev–Trinajstić information content (AvgIpc) is 3.02. The Morgan fingerprint density at radius 1 is 1.06 bits per heavy atom. The number of carbonyl (C=O) groups is 2. The van der Waals surface area contributed by atoms with Gasteiger partial charge in [0.05, 0.1) is 0 Å². The average molecular weight is 418 g/mol. The molecule has 5 heteroatoms. The van der Waals surface area contributed by atoms with Gasteiger partial charge in [0.15, 0.2) is 0 Å². The molecule has 0 unspecified atom stereocenters. The molecule has 4 rings (SSSR count). The van der Waals surface area contributed by atoms with E-state index >= 15 is 0 Å². The molecule has 1 saturated carbocycles. The van der Waals surface area contributed by atoms with E-state index in [1.165, 1.54) is 0 Å². The Bertz CT molecular complexity index is 1020. The second-order valence-corrected chi connectivity index (χ2v) is 8.77. The van der Waals surface area contributed by atoms with E-state index in [0.717, 1.165) is 66.5 Å². The molecule has 2 aromatic rings. The van der Waals surface area contributed by atoms with Crippen molar-refractivity contribution in [3.8, 4) is 0 Å². The van der Waals surface area contributed by atoms with E-state index in [1.807, 2.05) is 56.3 Å². The maximum absolute atomic E-state index is 13.5. The molecule has 0 radical (unpaired) electrons. The maximum atomic E-state index is 13.5. The highest BCUT2D eigenvalue weighted by Gasteiger charge is 2.48. The van der Waals surface area contributed by atoms with Gasteiger partial charge in [-0.05, 0) is 57.1 Å². The highest BCUT2D eigenvalue weighted by atomic mass is 16.2. The van der Waals surface area contributed by atoms with Crippen LogP contribution >= 0.6 is 0 Å². The lowest BCUT2D eigenvalue weighted by Gasteiger charge is -2.38. The molecule has 5 nitrogen and oxygen atoms in total. The first-order chi connectivity index (χ1) is 14.9. The van der Waals surface area contributed by atoms with Gasteiger partial charge in [0.1, 0.15) is 17.9 Å². The number of benzene rings is 2. The number of anilines is 1. The van der Waals surface area contributed by atoms with E-state index in [1.54, 1.807) is 4.90 Å². The summed E-state index contributed by atoms with van der Waals surface area (Å²) in [5, 5.41) is 3.08. The number of para-hydroxylation sites is 1. The van der Waals surface area contributed by atoms with Gasteiger partial charge in [-0.1, -0.05) is 61.4 Å². The molecule has 2 aliphatic rings. The lowest BCUT2D eigenvalue weighted by molar-refractivity contribution is -0.134. The molecule has 0 bridgehead atoms. The van der Waals surface area contributed by atoms with Crippen molar-refractivity contribution in [2.45, 2.75) is 65.0 Å². The van der Waals surface area contributed by atoms with Crippen LogP contribution in [0.3, 0.4) is 0 Å². The SMILES string of the molecule is CCc1cccc(C)c1NC(=O)CN1C(=O)C(c2ccc(C)cc2)=NC12CCCCC2. The predicted molar refractivity (Wildman–Crippen MR) is 124 cm³/mol. The molecule has 2 aromatic carbocycles. The van der Waals surface area contributed by atoms with E-state index in [0.29, 0.717) is 5.71 Å². The van der Waals surface area contributed by atoms with Gasteiger partial charge in [0.25, 0.3) is 5.91 Å². The first kappa shape index (κ1) is 21.3. The molecule has 1 N–H and O–H groups in total. The van der Waals surface area contributed by atoms with Crippen LogP contribution in [0.25, 0.3) is 0 Å². The van der Waals surface area contributed by atoms with Crippen LogP contribution in [0.2, 0.25) is 0 Å². The van der Waals surface area contributed by atoms with Crippen LogP contribution < -0.4 is 5.32 Å². The lowest BCUT2D eigenvalue weighted by atomic mass is 9.88. The summed E-state index contributed by atoms with van der Waals surface area (Å²) in [6.45, 7) is 6.12. The number of aliphatic imine (C=N–C) groups is 1. The predicted octanol–water partition coefficient (Wildman–Crippen LogP) is 4.80. The molecule has 0 atom stereocenters. The van der Waals surface area contributed by atoms with Crippen molar-refractivity contribution >= 4 is 23.2 Å². The van der Waals surface area contributed by atoms with E-state index in [2.05, 4.69) is 12.2 Å². The van der Waals surface area contributed by atoms with Crippen LogP contribution in [0.1, 0.15) is 61.3 Å². The van der Waals surface area contributed by atoms with E-state index in [-0.39, 0.29) is 18.4 Å². The molecule has 1 aliphatic carbocycles. The number of nitrogens with zero attached hydrogens (tertiary/aromatic N) is 2. The summed E-state index contributed by atoms with van der Waals surface area (Å²) in [6.07, 6.45) is 5.65. The van der Waals surface area contributed by atoms with Crippen molar-refractivity contribution in [2.75, 3.05) is 11.9 Å². The second-order valence-electron chi connectivity index (χ2n) is 8.77. The van der Waals surface area contributed by atoms with Crippen LogP contribution in [-0.2, 0) is 16.0 Å². The lowest BCUT2D eigenvalue weighted by Crippen LogP contribution is -2.51. The minimum atomic E-state index is -0.591. The fourth-order valence-electron chi connectivity index (χ4n) is 4.78. The summed E-state index contributed by atoms with van der Waals surface area (Å²) in [5.41, 5.74) is 4.86. The molecule has 0 aromatic heterocycles. The van der Waals surface area contributed by atoms with Crippen molar-refractivity contribution in [3.05, 3.63) is 64.7 Å².